The van der Waals surface area contributed by atoms with Crippen molar-refractivity contribution in [3.63, 3.8) is 0 Å². The number of hydrogen-bond acceptors (Lipinski definition) is 4. The molecule has 6 nitrogen and oxygen atoms in total. The average Bonchev–Trinajstić information content (AvgIpc) is 3.52. The van der Waals surface area contributed by atoms with Crippen LogP contribution in [0, 0.1) is 5.92 Å². The fourth-order valence-electron chi connectivity index (χ4n) is 3.83. The third-order valence-corrected chi connectivity index (χ3v) is 5.46. The van der Waals surface area contributed by atoms with Crippen molar-refractivity contribution in [2.45, 2.75) is 32.7 Å². The predicted molar refractivity (Wildman–Crippen MR) is 118 cm³/mol. The molecule has 156 valence electrons. The van der Waals surface area contributed by atoms with Gasteiger partial charge < -0.3 is 4.40 Å². The predicted octanol–water partition coefficient (Wildman–Crippen LogP) is 4.14. The number of benzene rings is 1. The molecule has 2 aromatic heterocycles. The van der Waals surface area contributed by atoms with Crippen LogP contribution >= 0.6 is 0 Å². The highest BCUT2D eigenvalue weighted by Gasteiger charge is 2.25. The van der Waals surface area contributed by atoms with Gasteiger partial charge in [-0.15, -0.1) is 0 Å². The Morgan fingerprint density at radius 2 is 2.10 bits per heavy atom. The fraction of sp³-hybridized carbons (Fsp3) is 0.333. The van der Waals surface area contributed by atoms with Crippen molar-refractivity contribution in [3.8, 4) is 11.3 Å². The molecule has 0 unspecified atom stereocenters. The second-order valence-electron chi connectivity index (χ2n) is 7.95. The van der Waals surface area contributed by atoms with Crippen LogP contribution in [0.1, 0.15) is 37.4 Å². The summed E-state index contributed by atoms with van der Waals surface area (Å²) in [6.07, 6.45) is 8.80. The summed E-state index contributed by atoms with van der Waals surface area (Å²) in [5.41, 5.74) is 6.60. The van der Waals surface area contributed by atoms with Crippen molar-refractivity contribution >= 4 is 17.6 Å². The number of nitrogens with one attached hydrogen (secondary N) is 1. The molecule has 0 radical (unpaired) electrons. The van der Waals surface area contributed by atoms with Gasteiger partial charge in [0.1, 0.15) is 5.65 Å². The number of amides is 1. The van der Waals surface area contributed by atoms with Gasteiger partial charge in [0, 0.05) is 30.9 Å². The molecular formula is C24H28N4O2. The molecule has 1 aromatic carbocycles. The summed E-state index contributed by atoms with van der Waals surface area (Å²) in [5.74, 6) is 0.282. The third-order valence-electron chi connectivity index (χ3n) is 5.46. The minimum absolute atomic E-state index is 0.556. The standard InChI is InChI=1S/C24H28N4O2/c1-2-13-27(16-19-8-9-19)17-21-24(20-6-4-3-5-7-20)25-22-15-18(12-14-28(21)22)10-11-23(29)26-30/h3-7,10-12,14-15,19,30H,2,8-9,13,16-17H2,1H3,(H,26,29). The first-order valence-corrected chi connectivity index (χ1v) is 10.6. The zero-order chi connectivity index (χ0) is 20.9. The van der Waals surface area contributed by atoms with Crippen LogP contribution in [0.25, 0.3) is 23.0 Å². The second-order valence-corrected chi connectivity index (χ2v) is 7.95. The van der Waals surface area contributed by atoms with Crippen LogP contribution in [0.3, 0.4) is 0 Å². The summed E-state index contributed by atoms with van der Waals surface area (Å²) in [5, 5.41) is 8.67. The lowest BCUT2D eigenvalue weighted by Gasteiger charge is -2.22. The summed E-state index contributed by atoms with van der Waals surface area (Å²) in [6.45, 7) is 5.31. The SMILES string of the molecule is CCCN(Cc1c(-c2ccccc2)nc2cc(C=CC(=O)NO)ccn12)CC1CC1. The van der Waals surface area contributed by atoms with Gasteiger partial charge in [-0.3, -0.25) is 14.9 Å². The van der Waals surface area contributed by atoms with Crippen LogP contribution in [-0.4, -0.2) is 38.5 Å². The van der Waals surface area contributed by atoms with Gasteiger partial charge in [0.2, 0.25) is 0 Å². The van der Waals surface area contributed by atoms with Gasteiger partial charge in [-0.25, -0.2) is 10.5 Å². The Labute approximate surface area is 176 Å². The van der Waals surface area contributed by atoms with E-state index < -0.39 is 5.91 Å². The molecule has 1 aliphatic rings. The molecule has 0 aliphatic heterocycles. The lowest BCUT2D eigenvalue weighted by molar-refractivity contribution is -0.124. The Kier molecular flexibility index (Phi) is 6.26. The van der Waals surface area contributed by atoms with Gasteiger partial charge in [0.25, 0.3) is 5.91 Å². The van der Waals surface area contributed by atoms with E-state index in [4.69, 9.17) is 10.2 Å². The zero-order valence-electron chi connectivity index (χ0n) is 17.3. The van der Waals surface area contributed by atoms with Crippen LogP contribution in [0.15, 0.2) is 54.7 Å². The van der Waals surface area contributed by atoms with Crippen molar-refractivity contribution in [2.24, 2.45) is 5.92 Å². The maximum Gasteiger partial charge on any atom is 0.267 e. The van der Waals surface area contributed by atoms with Gasteiger partial charge in [-0.05, 0) is 55.5 Å². The topological polar surface area (TPSA) is 69.9 Å². The first-order valence-electron chi connectivity index (χ1n) is 10.6. The molecular weight excluding hydrogens is 376 g/mol. The van der Waals surface area contributed by atoms with E-state index >= 15 is 0 Å². The first-order chi connectivity index (χ1) is 14.7. The average molecular weight is 405 g/mol. The normalized spacial score (nSPS) is 14.1. The van der Waals surface area contributed by atoms with Crippen molar-refractivity contribution < 1.29 is 10.0 Å². The Balaban J connectivity index is 1.73. The third kappa shape index (κ3) is 4.78. The van der Waals surface area contributed by atoms with Crippen LogP contribution < -0.4 is 5.48 Å². The smallest absolute Gasteiger partial charge is 0.267 e. The number of imidazole rings is 1. The van der Waals surface area contributed by atoms with Crippen molar-refractivity contribution in [1.82, 2.24) is 19.8 Å². The van der Waals surface area contributed by atoms with Crippen molar-refractivity contribution in [2.75, 3.05) is 13.1 Å². The first kappa shape index (κ1) is 20.3. The lowest BCUT2D eigenvalue weighted by atomic mass is 10.1. The van der Waals surface area contributed by atoms with Gasteiger partial charge in [0.05, 0.1) is 11.4 Å². The molecule has 1 saturated carbocycles. The summed E-state index contributed by atoms with van der Waals surface area (Å²) >= 11 is 0. The summed E-state index contributed by atoms with van der Waals surface area (Å²) < 4.78 is 2.15. The van der Waals surface area contributed by atoms with Crippen LogP contribution in [0.2, 0.25) is 0 Å². The molecule has 0 atom stereocenters. The van der Waals surface area contributed by atoms with E-state index in [1.165, 1.54) is 24.6 Å². The number of nitrogens with zero attached hydrogens (tertiary/aromatic N) is 3. The summed E-state index contributed by atoms with van der Waals surface area (Å²) in [4.78, 5) is 18.8. The molecule has 2 N–H and O–H groups in total. The molecule has 1 amide bonds. The van der Waals surface area contributed by atoms with E-state index in [1.54, 1.807) is 11.6 Å². The Bertz CT molecular complexity index is 1040. The van der Waals surface area contributed by atoms with Crippen LogP contribution in [0.5, 0.6) is 0 Å². The molecule has 2 heterocycles. The number of pyridine rings is 1. The minimum Gasteiger partial charge on any atom is -0.302 e. The van der Waals surface area contributed by atoms with E-state index in [1.807, 2.05) is 36.5 Å². The van der Waals surface area contributed by atoms with E-state index in [2.05, 4.69) is 28.4 Å². The Morgan fingerprint density at radius 3 is 2.80 bits per heavy atom. The van der Waals surface area contributed by atoms with Crippen molar-refractivity contribution in [3.05, 3.63) is 66.0 Å². The van der Waals surface area contributed by atoms with Crippen molar-refractivity contribution in [1.29, 1.82) is 0 Å². The lowest BCUT2D eigenvalue weighted by Crippen LogP contribution is -2.27. The molecule has 30 heavy (non-hydrogen) atoms. The Hall–Kier alpha value is -2.96. The highest BCUT2D eigenvalue weighted by molar-refractivity contribution is 5.91. The summed E-state index contributed by atoms with van der Waals surface area (Å²) in [6, 6.07) is 14.2. The Morgan fingerprint density at radius 1 is 1.30 bits per heavy atom. The van der Waals surface area contributed by atoms with Crippen LogP contribution in [-0.2, 0) is 11.3 Å². The number of carbonyl (C=O) groups is 1. The summed E-state index contributed by atoms with van der Waals surface area (Å²) in [7, 11) is 0. The monoisotopic (exact) mass is 404 g/mol. The van der Waals surface area contributed by atoms with Gasteiger partial charge in [-0.1, -0.05) is 37.3 Å². The number of carbonyl (C=O) groups excluding carboxylic acids is 1. The van der Waals surface area contributed by atoms with Gasteiger partial charge in [-0.2, -0.15) is 0 Å². The van der Waals surface area contributed by atoms with E-state index in [0.717, 1.165) is 54.4 Å². The van der Waals surface area contributed by atoms with Gasteiger partial charge >= 0.3 is 0 Å². The van der Waals surface area contributed by atoms with E-state index in [-0.39, 0.29) is 0 Å². The number of hydroxylamine groups is 1. The fourth-order valence-corrected chi connectivity index (χ4v) is 3.83. The molecule has 0 saturated heterocycles. The quantitative estimate of drug-likeness (QED) is 0.319. The molecule has 1 fully saturated rings. The van der Waals surface area contributed by atoms with Gasteiger partial charge in [0.15, 0.2) is 0 Å². The maximum atomic E-state index is 11.3. The van der Waals surface area contributed by atoms with E-state index in [0.29, 0.717) is 0 Å². The second kappa shape index (κ2) is 9.24. The number of fused-ring (bicyclic) bond motifs is 1. The zero-order valence-corrected chi connectivity index (χ0v) is 17.3. The van der Waals surface area contributed by atoms with E-state index in [9.17, 15) is 4.79 Å². The number of rotatable bonds is 9. The molecule has 3 aromatic rings. The molecule has 0 spiro atoms. The number of hydrogen-bond donors (Lipinski definition) is 2. The highest BCUT2D eigenvalue weighted by atomic mass is 16.5. The molecule has 6 heteroatoms. The molecule has 1 aliphatic carbocycles. The molecule has 4 rings (SSSR count). The van der Waals surface area contributed by atoms with Crippen LogP contribution in [0.4, 0.5) is 0 Å². The molecule has 0 bridgehead atoms. The number of aromatic nitrogens is 2. The highest BCUT2D eigenvalue weighted by Crippen LogP contribution is 2.32. The largest absolute Gasteiger partial charge is 0.302 e. The maximum absolute atomic E-state index is 11.3. The minimum atomic E-state index is -0.556.